The minimum Gasteiger partial charge on any atom is -0.488 e. The Hall–Kier alpha value is -2.89. The summed E-state index contributed by atoms with van der Waals surface area (Å²) in [7, 11) is 0. The van der Waals surface area contributed by atoms with Crippen LogP contribution in [0.4, 0.5) is 5.13 Å². The number of halogens is 1. The number of fused-ring (bicyclic) bond motifs is 2. The summed E-state index contributed by atoms with van der Waals surface area (Å²) in [6.45, 7) is 9.81. The molecule has 38 heavy (non-hydrogen) atoms. The number of aromatic nitrogens is 1. The van der Waals surface area contributed by atoms with Crippen LogP contribution in [0.2, 0.25) is 0 Å². The summed E-state index contributed by atoms with van der Waals surface area (Å²) in [6, 6.07) is 14.0. The second-order valence-electron chi connectivity index (χ2n) is 11.3. The molecule has 0 spiro atoms. The van der Waals surface area contributed by atoms with Crippen LogP contribution >= 0.6 is 27.3 Å². The van der Waals surface area contributed by atoms with Crippen molar-refractivity contribution >= 4 is 38.4 Å². The van der Waals surface area contributed by atoms with Crippen LogP contribution in [0, 0.1) is 36.0 Å². The molecule has 2 fully saturated rings. The molecule has 2 bridgehead atoms. The fraction of sp³-hybridized carbons (Fsp3) is 0.433. The molecule has 0 N–H and O–H groups in total. The molecule has 1 aromatic heterocycles. The van der Waals surface area contributed by atoms with Gasteiger partial charge >= 0.3 is 5.97 Å². The third-order valence-corrected chi connectivity index (χ3v) is 8.66. The molecule has 198 valence electrons. The van der Waals surface area contributed by atoms with Gasteiger partial charge in [0.15, 0.2) is 5.13 Å². The smallest absolute Gasteiger partial charge is 0.310 e. The van der Waals surface area contributed by atoms with Gasteiger partial charge in [0.1, 0.15) is 18.0 Å². The first-order chi connectivity index (χ1) is 18.1. The van der Waals surface area contributed by atoms with Crippen molar-refractivity contribution in [2.24, 2.45) is 17.8 Å². The van der Waals surface area contributed by atoms with Gasteiger partial charge in [-0.15, -0.1) is 11.3 Å². The lowest BCUT2D eigenvalue weighted by Gasteiger charge is -2.37. The molecule has 2 heterocycles. The van der Waals surface area contributed by atoms with Crippen LogP contribution in [0.5, 0.6) is 5.75 Å². The Morgan fingerprint density at radius 2 is 1.92 bits per heavy atom. The van der Waals surface area contributed by atoms with E-state index in [1.165, 1.54) is 0 Å². The van der Waals surface area contributed by atoms with Gasteiger partial charge in [-0.25, -0.2) is 4.98 Å². The van der Waals surface area contributed by atoms with Crippen molar-refractivity contribution in [2.75, 3.05) is 18.0 Å². The highest BCUT2D eigenvalue weighted by Crippen LogP contribution is 2.45. The van der Waals surface area contributed by atoms with E-state index in [0.717, 1.165) is 63.7 Å². The number of thiazole rings is 1. The maximum absolute atomic E-state index is 12.9. The molecule has 6 nitrogen and oxygen atoms in total. The lowest BCUT2D eigenvalue weighted by Crippen LogP contribution is -2.46. The van der Waals surface area contributed by atoms with Crippen LogP contribution in [0.15, 0.2) is 46.3 Å². The Labute approximate surface area is 236 Å². The third-order valence-electron chi connectivity index (χ3n) is 7.26. The standard InChI is InChI=1S/C30H32BrN3O3S/c1-18-5-10-26(36-16-21-8-9-23(31)12-22(21)13-32)24(11-18)25-17-38-29(33-25)34-14-19-6-7-20(15-34)27(19)28(35)37-30(2,3)4/h5,8-12,17,19-20,27H,6-7,14-16H2,1-4H3. The van der Waals surface area contributed by atoms with Crippen molar-refractivity contribution in [1.82, 2.24) is 4.98 Å². The van der Waals surface area contributed by atoms with E-state index in [-0.39, 0.29) is 11.9 Å². The van der Waals surface area contributed by atoms with Crippen molar-refractivity contribution in [3.05, 3.63) is 62.9 Å². The monoisotopic (exact) mass is 593 g/mol. The lowest BCUT2D eigenvalue weighted by atomic mass is 9.85. The van der Waals surface area contributed by atoms with E-state index in [2.05, 4.69) is 45.3 Å². The van der Waals surface area contributed by atoms with Crippen LogP contribution in [0.3, 0.4) is 0 Å². The molecule has 1 aliphatic heterocycles. The summed E-state index contributed by atoms with van der Waals surface area (Å²) in [5.74, 6) is 1.28. The van der Waals surface area contributed by atoms with Gasteiger partial charge in [0.25, 0.3) is 0 Å². The number of nitrogens with zero attached hydrogens (tertiary/aromatic N) is 3. The minimum absolute atomic E-state index is 0.0152. The van der Waals surface area contributed by atoms with Gasteiger partial charge in [-0.1, -0.05) is 33.6 Å². The van der Waals surface area contributed by atoms with Crippen LogP contribution in [-0.2, 0) is 16.1 Å². The Bertz CT molecular complexity index is 1380. The van der Waals surface area contributed by atoms with Crippen molar-refractivity contribution in [1.29, 1.82) is 5.26 Å². The number of carbonyl (C=O) groups is 1. The maximum Gasteiger partial charge on any atom is 0.310 e. The van der Waals surface area contributed by atoms with Crippen molar-refractivity contribution < 1.29 is 14.3 Å². The summed E-state index contributed by atoms with van der Waals surface area (Å²) in [5.41, 5.74) is 3.91. The summed E-state index contributed by atoms with van der Waals surface area (Å²) in [5, 5.41) is 12.6. The molecule has 2 aromatic carbocycles. The zero-order chi connectivity index (χ0) is 27.0. The van der Waals surface area contributed by atoms with E-state index >= 15 is 0 Å². The molecule has 2 unspecified atom stereocenters. The number of ether oxygens (including phenoxy) is 2. The molecule has 5 rings (SSSR count). The molecule has 2 atom stereocenters. The first-order valence-electron chi connectivity index (χ1n) is 13.0. The van der Waals surface area contributed by atoms with Gasteiger partial charge in [0.2, 0.25) is 0 Å². The largest absolute Gasteiger partial charge is 0.488 e. The molecule has 1 saturated heterocycles. The quantitative estimate of drug-likeness (QED) is 0.283. The Balaban J connectivity index is 1.33. The van der Waals surface area contributed by atoms with Gasteiger partial charge in [0.05, 0.1) is 23.2 Å². The van der Waals surface area contributed by atoms with Gasteiger partial charge in [-0.2, -0.15) is 5.26 Å². The maximum atomic E-state index is 12.9. The molecular formula is C30H32BrN3O3S. The molecular weight excluding hydrogens is 562 g/mol. The topological polar surface area (TPSA) is 75.5 Å². The Morgan fingerprint density at radius 3 is 2.61 bits per heavy atom. The molecule has 1 aliphatic carbocycles. The number of esters is 1. The van der Waals surface area contributed by atoms with Crippen molar-refractivity contribution in [2.45, 2.75) is 52.7 Å². The fourth-order valence-electron chi connectivity index (χ4n) is 5.57. The fourth-order valence-corrected chi connectivity index (χ4v) is 6.78. The highest BCUT2D eigenvalue weighted by molar-refractivity contribution is 9.10. The molecule has 0 radical (unpaired) electrons. The second-order valence-corrected chi connectivity index (χ2v) is 13.0. The number of aryl methyl sites for hydroxylation is 1. The number of hydrogen-bond acceptors (Lipinski definition) is 7. The van der Waals surface area contributed by atoms with E-state index in [9.17, 15) is 10.1 Å². The molecule has 3 aromatic rings. The first kappa shape index (κ1) is 26.7. The van der Waals surface area contributed by atoms with Gasteiger partial charge in [-0.3, -0.25) is 4.79 Å². The third kappa shape index (κ3) is 5.74. The summed E-state index contributed by atoms with van der Waals surface area (Å²) < 4.78 is 12.9. The second kappa shape index (κ2) is 10.7. The number of hydrogen-bond donors (Lipinski definition) is 0. The number of nitriles is 1. The van der Waals surface area contributed by atoms with Gasteiger partial charge in [0, 0.05) is 34.1 Å². The van der Waals surface area contributed by atoms with E-state index in [1.54, 1.807) is 17.4 Å². The summed E-state index contributed by atoms with van der Waals surface area (Å²) in [6.07, 6.45) is 2.11. The van der Waals surface area contributed by atoms with Gasteiger partial charge < -0.3 is 14.4 Å². The number of piperidine rings is 1. The van der Waals surface area contributed by atoms with Crippen LogP contribution in [0.1, 0.15) is 50.3 Å². The molecule has 2 aliphatic rings. The average molecular weight is 595 g/mol. The first-order valence-corrected chi connectivity index (χ1v) is 14.6. The Kier molecular flexibility index (Phi) is 7.52. The van der Waals surface area contributed by atoms with Crippen molar-refractivity contribution in [3.8, 4) is 23.1 Å². The summed E-state index contributed by atoms with van der Waals surface area (Å²) in [4.78, 5) is 20.3. The predicted molar refractivity (Wildman–Crippen MR) is 153 cm³/mol. The van der Waals surface area contributed by atoms with E-state index in [1.807, 2.05) is 45.0 Å². The number of benzene rings is 2. The molecule has 8 heteroatoms. The van der Waals surface area contributed by atoms with Crippen LogP contribution in [-0.4, -0.2) is 29.6 Å². The normalized spacial score (nSPS) is 20.7. The van der Waals surface area contributed by atoms with Crippen LogP contribution < -0.4 is 9.64 Å². The van der Waals surface area contributed by atoms with E-state index < -0.39 is 5.60 Å². The lowest BCUT2D eigenvalue weighted by molar-refractivity contribution is -0.163. The molecule has 1 saturated carbocycles. The van der Waals surface area contributed by atoms with E-state index in [4.69, 9.17) is 14.5 Å². The predicted octanol–water partition coefficient (Wildman–Crippen LogP) is 7.14. The number of rotatable bonds is 6. The Morgan fingerprint density at radius 1 is 1.18 bits per heavy atom. The minimum atomic E-state index is -0.459. The number of carbonyl (C=O) groups excluding carboxylic acids is 1. The summed E-state index contributed by atoms with van der Waals surface area (Å²) >= 11 is 5.06. The van der Waals surface area contributed by atoms with E-state index in [0.29, 0.717) is 24.0 Å². The average Bonchev–Trinajstić information content (AvgIpc) is 3.45. The highest BCUT2D eigenvalue weighted by atomic mass is 79.9. The number of anilines is 1. The van der Waals surface area contributed by atoms with Gasteiger partial charge in [-0.05, 0) is 76.6 Å². The highest BCUT2D eigenvalue weighted by Gasteiger charge is 2.47. The SMILES string of the molecule is Cc1ccc(OCc2ccc(Br)cc2C#N)c(-c2csc(N3CC4CCC(C3)C4C(=O)OC(C)(C)C)n2)c1. The van der Waals surface area contributed by atoms with Crippen LogP contribution in [0.25, 0.3) is 11.3 Å². The molecule has 0 amide bonds. The zero-order valence-corrected chi connectivity index (χ0v) is 24.6. The zero-order valence-electron chi connectivity index (χ0n) is 22.2. The van der Waals surface area contributed by atoms with Crippen molar-refractivity contribution in [3.63, 3.8) is 0 Å².